The van der Waals surface area contributed by atoms with Gasteiger partial charge >= 0.3 is 7.12 Å². The van der Waals surface area contributed by atoms with E-state index in [0.717, 1.165) is 36.9 Å². The third-order valence-corrected chi connectivity index (χ3v) is 6.36. The summed E-state index contributed by atoms with van der Waals surface area (Å²) in [4.78, 5) is 8.01. The second-order valence-electron chi connectivity index (χ2n) is 7.77. The Balaban J connectivity index is 1.42. The van der Waals surface area contributed by atoms with Gasteiger partial charge in [-0.25, -0.2) is 4.98 Å². The molecule has 0 N–H and O–H groups in total. The molecule has 0 saturated carbocycles. The Labute approximate surface area is 158 Å². The minimum atomic E-state index is -0.376. The molecule has 0 unspecified atom stereocenters. The maximum Gasteiger partial charge on any atom is 0.498 e. The molecule has 0 bridgehead atoms. The van der Waals surface area contributed by atoms with Gasteiger partial charge in [-0.3, -0.25) is 4.68 Å². The van der Waals surface area contributed by atoms with Crippen LogP contribution in [-0.4, -0.2) is 59.4 Å². The molecule has 2 saturated heterocycles. The Morgan fingerprint density at radius 3 is 2.50 bits per heavy atom. The van der Waals surface area contributed by atoms with Crippen LogP contribution in [0.3, 0.4) is 0 Å². The molecule has 2 aromatic rings. The number of aromatic nitrogens is 3. The Hall–Kier alpha value is -1.42. The Bertz CT molecular complexity index is 754. The quantitative estimate of drug-likeness (QED) is 0.755. The normalized spacial score (nSPS) is 22.2. The van der Waals surface area contributed by atoms with Crippen molar-refractivity contribution in [1.82, 2.24) is 14.8 Å². The third-order valence-electron chi connectivity index (χ3n) is 5.32. The van der Waals surface area contributed by atoms with E-state index in [1.54, 1.807) is 11.3 Å². The van der Waals surface area contributed by atoms with Gasteiger partial charge in [0.25, 0.3) is 0 Å². The third kappa shape index (κ3) is 3.41. The number of anilines is 1. The smallest absolute Gasteiger partial charge is 0.399 e. The molecular formula is C17H25BN4O3S. The molecule has 7 nitrogen and oxygen atoms in total. The van der Waals surface area contributed by atoms with Gasteiger partial charge in [-0.05, 0) is 27.7 Å². The van der Waals surface area contributed by atoms with E-state index in [1.807, 2.05) is 23.3 Å². The summed E-state index contributed by atoms with van der Waals surface area (Å²) < 4.78 is 19.5. The van der Waals surface area contributed by atoms with Gasteiger partial charge in [0.15, 0.2) is 5.13 Å². The number of rotatable bonds is 4. The van der Waals surface area contributed by atoms with Crippen LogP contribution in [0.15, 0.2) is 18.6 Å². The predicted octanol–water partition coefficient (Wildman–Crippen LogP) is 1.52. The van der Waals surface area contributed by atoms with Crippen molar-refractivity contribution >= 4 is 29.0 Å². The molecule has 9 heteroatoms. The van der Waals surface area contributed by atoms with Crippen LogP contribution >= 0.6 is 11.3 Å². The zero-order valence-corrected chi connectivity index (χ0v) is 16.6. The number of hydrogen-bond acceptors (Lipinski definition) is 7. The Morgan fingerprint density at radius 1 is 1.12 bits per heavy atom. The fourth-order valence-corrected chi connectivity index (χ4v) is 3.95. The minimum Gasteiger partial charge on any atom is -0.399 e. The molecule has 2 aromatic heterocycles. The lowest BCUT2D eigenvalue weighted by Crippen LogP contribution is -2.41. The molecule has 4 heterocycles. The Kier molecular flexibility index (Phi) is 4.59. The van der Waals surface area contributed by atoms with Crippen molar-refractivity contribution in [3.63, 3.8) is 0 Å². The first-order chi connectivity index (χ1) is 12.3. The van der Waals surface area contributed by atoms with Gasteiger partial charge in [-0.15, -0.1) is 0 Å². The number of ether oxygens (including phenoxy) is 1. The zero-order chi connectivity index (χ0) is 18.4. The lowest BCUT2D eigenvalue weighted by atomic mass is 9.82. The first kappa shape index (κ1) is 18.0. The van der Waals surface area contributed by atoms with Crippen molar-refractivity contribution < 1.29 is 14.0 Å². The summed E-state index contributed by atoms with van der Waals surface area (Å²) in [6, 6.07) is 0. The van der Waals surface area contributed by atoms with E-state index < -0.39 is 0 Å². The standard InChI is InChI=1S/C17H25BN4O3S/c1-16(2)17(3,4)25-18(24-16)13-9-20-22(11-13)12-14-10-19-15(26-14)21-5-7-23-8-6-21/h9-11H,5-8,12H2,1-4H3. The lowest BCUT2D eigenvalue weighted by molar-refractivity contribution is 0.00578. The van der Waals surface area contributed by atoms with Crippen LogP contribution in [0.25, 0.3) is 0 Å². The van der Waals surface area contributed by atoms with Crippen LogP contribution in [0, 0.1) is 0 Å². The molecule has 4 rings (SSSR count). The van der Waals surface area contributed by atoms with Crippen molar-refractivity contribution in [3.8, 4) is 0 Å². The van der Waals surface area contributed by atoms with Gasteiger partial charge < -0.3 is 18.9 Å². The largest absolute Gasteiger partial charge is 0.498 e. The van der Waals surface area contributed by atoms with E-state index >= 15 is 0 Å². The van der Waals surface area contributed by atoms with Crippen molar-refractivity contribution in [1.29, 1.82) is 0 Å². The molecule has 140 valence electrons. The van der Waals surface area contributed by atoms with Gasteiger partial charge in [0, 0.05) is 42.0 Å². The molecule has 26 heavy (non-hydrogen) atoms. The fourth-order valence-electron chi connectivity index (χ4n) is 3.00. The first-order valence-electron chi connectivity index (χ1n) is 8.99. The fraction of sp³-hybridized carbons (Fsp3) is 0.647. The molecule has 0 aromatic carbocycles. The molecule has 0 amide bonds. The SMILES string of the molecule is CC1(C)OB(c2cnn(Cc3cnc(N4CCOCC4)s3)c2)OC1(C)C. The van der Waals surface area contributed by atoms with Gasteiger partial charge in [0.1, 0.15) is 0 Å². The molecule has 2 aliphatic rings. The molecule has 0 spiro atoms. The van der Waals surface area contributed by atoms with Gasteiger partial charge in [0.05, 0.1) is 31.0 Å². The summed E-state index contributed by atoms with van der Waals surface area (Å²) in [6.07, 6.45) is 5.76. The predicted molar refractivity (Wildman–Crippen MR) is 102 cm³/mol. The average Bonchev–Trinajstić information content (AvgIpc) is 3.28. The highest BCUT2D eigenvalue weighted by atomic mass is 32.1. The van der Waals surface area contributed by atoms with Crippen molar-refractivity contribution in [2.45, 2.75) is 45.4 Å². The highest BCUT2D eigenvalue weighted by Crippen LogP contribution is 2.36. The number of morpholine rings is 1. The number of thiazole rings is 1. The van der Waals surface area contributed by atoms with Crippen LogP contribution in [0.4, 0.5) is 5.13 Å². The van der Waals surface area contributed by atoms with Crippen molar-refractivity contribution in [3.05, 3.63) is 23.5 Å². The summed E-state index contributed by atoms with van der Waals surface area (Å²) in [5, 5.41) is 5.53. The Morgan fingerprint density at radius 2 is 1.81 bits per heavy atom. The molecular weight excluding hydrogens is 351 g/mol. The maximum absolute atomic E-state index is 6.09. The summed E-state index contributed by atoms with van der Waals surface area (Å²) >= 11 is 1.71. The summed E-state index contributed by atoms with van der Waals surface area (Å²) in [5.41, 5.74) is 0.260. The van der Waals surface area contributed by atoms with Gasteiger partial charge in [0.2, 0.25) is 0 Å². The van der Waals surface area contributed by atoms with E-state index in [-0.39, 0.29) is 18.3 Å². The number of nitrogens with zero attached hydrogens (tertiary/aromatic N) is 4. The highest BCUT2D eigenvalue weighted by molar-refractivity contribution is 7.15. The van der Waals surface area contributed by atoms with Crippen molar-refractivity contribution in [2.24, 2.45) is 0 Å². The van der Waals surface area contributed by atoms with Crippen molar-refractivity contribution in [2.75, 3.05) is 31.2 Å². The molecule has 0 aliphatic carbocycles. The van der Waals surface area contributed by atoms with E-state index in [4.69, 9.17) is 14.0 Å². The van der Waals surface area contributed by atoms with E-state index in [2.05, 4.69) is 42.7 Å². The number of hydrogen-bond donors (Lipinski definition) is 0. The zero-order valence-electron chi connectivity index (χ0n) is 15.8. The van der Waals surface area contributed by atoms with Gasteiger partial charge in [-0.2, -0.15) is 5.10 Å². The second-order valence-corrected chi connectivity index (χ2v) is 8.86. The molecule has 2 aliphatic heterocycles. The topological polar surface area (TPSA) is 61.6 Å². The first-order valence-corrected chi connectivity index (χ1v) is 9.81. The molecule has 0 atom stereocenters. The summed E-state index contributed by atoms with van der Waals surface area (Å²) in [6.45, 7) is 12.3. The van der Waals surface area contributed by atoms with E-state index in [0.29, 0.717) is 6.54 Å². The van der Waals surface area contributed by atoms with Crippen LogP contribution < -0.4 is 10.4 Å². The summed E-state index contributed by atoms with van der Waals surface area (Å²) in [5.74, 6) is 0. The molecule has 0 radical (unpaired) electrons. The average molecular weight is 376 g/mol. The van der Waals surface area contributed by atoms with E-state index in [1.165, 1.54) is 4.88 Å². The monoisotopic (exact) mass is 376 g/mol. The maximum atomic E-state index is 6.09. The van der Waals surface area contributed by atoms with Gasteiger partial charge in [-0.1, -0.05) is 11.3 Å². The van der Waals surface area contributed by atoms with Crippen LogP contribution in [0.2, 0.25) is 0 Å². The molecule has 2 fully saturated rings. The minimum absolute atomic E-state index is 0.343. The second kappa shape index (κ2) is 6.63. The van der Waals surface area contributed by atoms with E-state index in [9.17, 15) is 0 Å². The van der Waals surface area contributed by atoms with Crippen LogP contribution in [-0.2, 0) is 20.6 Å². The van der Waals surface area contributed by atoms with Crippen LogP contribution in [0.1, 0.15) is 32.6 Å². The highest BCUT2D eigenvalue weighted by Gasteiger charge is 2.52. The van der Waals surface area contributed by atoms with Crippen LogP contribution in [0.5, 0.6) is 0 Å². The lowest BCUT2D eigenvalue weighted by Gasteiger charge is -2.32. The summed E-state index contributed by atoms with van der Waals surface area (Å²) in [7, 11) is -0.376.